The van der Waals surface area contributed by atoms with Crippen molar-refractivity contribution in [2.45, 2.75) is 39.2 Å². The van der Waals surface area contributed by atoms with E-state index in [1.54, 1.807) is 6.07 Å². The molecule has 5 nitrogen and oxygen atoms in total. The molecule has 0 unspecified atom stereocenters. The van der Waals surface area contributed by atoms with Crippen LogP contribution in [0, 0.1) is 0 Å². The van der Waals surface area contributed by atoms with Crippen LogP contribution in [0.4, 0.5) is 0 Å². The molecule has 1 saturated heterocycles. The van der Waals surface area contributed by atoms with Crippen LogP contribution in [0.3, 0.4) is 0 Å². The van der Waals surface area contributed by atoms with E-state index in [1.807, 2.05) is 31.2 Å². The number of para-hydroxylation sites is 1. The molecule has 154 valence electrons. The largest absolute Gasteiger partial charge is 0.507 e. The molecule has 1 aliphatic rings. The summed E-state index contributed by atoms with van der Waals surface area (Å²) in [6.45, 7) is 4.60. The summed E-state index contributed by atoms with van der Waals surface area (Å²) in [7, 11) is 0. The topological polar surface area (TPSA) is 66.6 Å². The van der Waals surface area contributed by atoms with Crippen LogP contribution in [0.2, 0.25) is 0 Å². The number of fused-ring (bicyclic) bond motifs is 2. The highest BCUT2D eigenvalue weighted by molar-refractivity contribution is 7.21. The number of aromatic hydroxyl groups is 1. The Hall–Kier alpha value is -2.70. The Morgan fingerprint density at radius 3 is 2.77 bits per heavy atom. The summed E-state index contributed by atoms with van der Waals surface area (Å²) in [4.78, 5) is 20.4. The number of benzene rings is 2. The van der Waals surface area contributed by atoms with Crippen molar-refractivity contribution in [3.8, 4) is 16.3 Å². The van der Waals surface area contributed by atoms with E-state index in [-0.39, 0.29) is 11.2 Å². The highest BCUT2D eigenvalue weighted by atomic mass is 32.1. The number of aryl methyl sites for hydroxylation is 1. The predicted molar refractivity (Wildman–Crippen MR) is 121 cm³/mol. The number of piperidine rings is 1. The Labute approximate surface area is 178 Å². The lowest BCUT2D eigenvalue weighted by Crippen LogP contribution is -2.29. The van der Waals surface area contributed by atoms with Crippen LogP contribution in [-0.4, -0.2) is 28.1 Å². The zero-order chi connectivity index (χ0) is 20.7. The summed E-state index contributed by atoms with van der Waals surface area (Å²) in [5, 5.41) is 12.1. The lowest BCUT2D eigenvalue weighted by Gasteiger charge is -2.27. The standard InChI is InChI=1S/C24H24N2O3S/c1-2-15-12-16-22(28)18(24-25-19-8-4-5-9-20(19)30-24)14-29-23(16)17(21(15)27)13-26-10-6-3-7-11-26/h4-5,8-9,12,14,27H,2-3,6-7,10-11,13H2,1H3. The van der Waals surface area contributed by atoms with Crippen molar-refractivity contribution in [3.05, 3.63) is 57.9 Å². The lowest BCUT2D eigenvalue weighted by molar-refractivity contribution is 0.218. The summed E-state index contributed by atoms with van der Waals surface area (Å²) < 4.78 is 7.05. The van der Waals surface area contributed by atoms with Crippen LogP contribution in [0.1, 0.15) is 37.3 Å². The van der Waals surface area contributed by atoms with Crippen molar-refractivity contribution in [2.24, 2.45) is 0 Å². The van der Waals surface area contributed by atoms with Crippen LogP contribution in [-0.2, 0) is 13.0 Å². The molecule has 3 heterocycles. The van der Waals surface area contributed by atoms with Crippen LogP contribution in [0.5, 0.6) is 5.75 Å². The molecular formula is C24H24N2O3S. The average molecular weight is 421 g/mol. The van der Waals surface area contributed by atoms with Crippen molar-refractivity contribution >= 4 is 32.5 Å². The van der Waals surface area contributed by atoms with Crippen LogP contribution in [0.15, 0.2) is 45.8 Å². The van der Waals surface area contributed by atoms with Crippen LogP contribution in [0.25, 0.3) is 31.8 Å². The molecular weight excluding hydrogens is 396 g/mol. The van der Waals surface area contributed by atoms with Crippen molar-refractivity contribution in [2.75, 3.05) is 13.1 Å². The van der Waals surface area contributed by atoms with Crippen LogP contribution < -0.4 is 5.43 Å². The Morgan fingerprint density at radius 2 is 2.00 bits per heavy atom. The van der Waals surface area contributed by atoms with E-state index in [0.29, 0.717) is 34.5 Å². The highest BCUT2D eigenvalue weighted by Crippen LogP contribution is 2.35. The van der Waals surface area contributed by atoms with E-state index in [1.165, 1.54) is 24.0 Å². The van der Waals surface area contributed by atoms with Crippen molar-refractivity contribution < 1.29 is 9.52 Å². The number of aromatic nitrogens is 1. The van der Waals surface area contributed by atoms with Gasteiger partial charge in [-0.2, -0.15) is 0 Å². The minimum absolute atomic E-state index is 0.0927. The van der Waals surface area contributed by atoms with Gasteiger partial charge in [0.25, 0.3) is 0 Å². The zero-order valence-corrected chi connectivity index (χ0v) is 17.8. The fourth-order valence-corrected chi connectivity index (χ4v) is 5.25. The molecule has 6 heteroatoms. The summed E-state index contributed by atoms with van der Waals surface area (Å²) in [6.07, 6.45) is 5.74. The molecule has 2 aromatic carbocycles. The number of thiazole rings is 1. The minimum atomic E-state index is -0.0927. The first-order valence-corrected chi connectivity index (χ1v) is 11.3. The molecule has 0 atom stereocenters. The second kappa shape index (κ2) is 7.85. The Bertz CT molecular complexity index is 1250. The van der Waals surface area contributed by atoms with Gasteiger partial charge in [-0.25, -0.2) is 4.98 Å². The van der Waals surface area contributed by atoms with Gasteiger partial charge in [0.2, 0.25) is 5.43 Å². The Balaban J connectivity index is 1.67. The van der Waals surface area contributed by atoms with Gasteiger partial charge in [-0.15, -0.1) is 11.3 Å². The molecule has 1 fully saturated rings. The molecule has 0 aliphatic carbocycles. The number of rotatable bonds is 4. The van der Waals surface area contributed by atoms with Gasteiger partial charge in [-0.1, -0.05) is 25.5 Å². The van der Waals surface area contributed by atoms with Gasteiger partial charge in [0.05, 0.1) is 26.7 Å². The highest BCUT2D eigenvalue weighted by Gasteiger charge is 2.22. The summed E-state index contributed by atoms with van der Waals surface area (Å²) in [6, 6.07) is 9.65. The van der Waals surface area contributed by atoms with Gasteiger partial charge in [0.1, 0.15) is 22.6 Å². The number of phenols is 1. The monoisotopic (exact) mass is 420 g/mol. The molecule has 5 rings (SSSR count). The predicted octanol–water partition coefficient (Wildman–Crippen LogP) is 5.32. The van der Waals surface area contributed by atoms with Crippen LogP contribution >= 0.6 is 11.3 Å². The first-order valence-electron chi connectivity index (χ1n) is 10.5. The molecule has 4 aromatic rings. The van der Waals surface area contributed by atoms with Crippen molar-refractivity contribution in [1.29, 1.82) is 0 Å². The summed E-state index contributed by atoms with van der Waals surface area (Å²) in [5.74, 6) is 0.256. The lowest BCUT2D eigenvalue weighted by atomic mass is 10.00. The number of hydrogen-bond donors (Lipinski definition) is 1. The van der Waals surface area contributed by atoms with Gasteiger partial charge >= 0.3 is 0 Å². The Morgan fingerprint density at radius 1 is 1.20 bits per heavy atom. The molecule has 1 aliphatic heterocycles. The zero-order valence-electron chi connectivity index (χ0n) is 17.0. The number of phenolic OH excluding ortho intramolecular Hbond substituents is 1. The maximum Gasteiger partial charge on any atom is 0.202 e. The number of hydrogen-bond acceptors (Lipinski definition) is 6. The normalized spacial score (nSPS) is 15.2. The fraction of sp³-hybridized carbons (Fsp3) is 0.333. The molecule has 0 radical (unpaired) electrons. The minimum Gasteiger partial charge on any atom is -0.507 e. The molecule has 2 aromatic heterocycles. The molecule has 0 amide bonds. The van der Waals surface area contributed by atoms with E-state index in [4.69, 9.17) is 4.42 Å². The third-order valence-electron chi connectivity index (χ3n) is 5.95. The first kappa shape index (κ1) is 19.3. The van der Waals surface area contributed by atoms with E-state index in [2.05, 4.69) is 9.88 Å². The van der Waals surface area contributed by atoms with Crippen molar-refractivity contribution in [1.82, 2.24) is 9.88 Å². The van der Waals surface area contributed by atoms with Gasteiger partial charge < -0.3 is 9.52 Å². The van der Waals surface area contributed by atoms with E-state index >= 15 is 0 Å². The number of nitrogens with zero attached hydrogens (tertiary/aromatic N) is 2. The van der Waals surface area contributed by atoms with Crippen molar-refractivity contribution in [3.63, 3.8) is 0 Å². The average Bonchev–Trinajstić information content (AvgIpc) is 3.20. The molecule has 0 saturated carbocycles. The molecule has 0 bridgehead atoms. The van der Waals surface area contributed by atoms with Gasteiger partial charge in [-0.05, 0) is 56.1 Å². The van der Waals surface area contributed by atoms with E-state index < -0.39 is 0 Å². The van der Waals surface area contributed by atoms with Gasteiger partial charge in [-0.3, -0.25) is 9.69 Å². The molecule has 30 heavy (non-hydrogen) atoms. The Kier molecular flexibility index (Phi) is 5.05. The summed E-state index contributed by atoms with van der Waals surface area (Å²) >= 11 is 1.49. The maximum absolute atomic E-state index is 13.4. The number of likely N-dealkylation sites (tertiary alicyclic amines) is 1. The third-order valence-corrected chi connectivity index (χ3v) is 7.02. The summed E-state index contributed by atoms with van der Waals surface area (Å²) in [5.41, 5.74) is 3.25. The van der Waals surface area contributed by atoms with Gasteiger partial charge in [0.15, 0.2) is 0 Å². The smallest absolute Gasteiger partial charge is 0.202 e. The quantitative estimate of drug-likeness (QED) is 0.484. The second-order valence-corrected chi connectivity index (χ2v) is 8.93. The fourth-order valence-electron chi connectivity index (χ4n) is 4.28. The van der Waals surface area contributed by atoms with E-state index in [0.717, 1.165) is 47.3 Å². The maximum atomic E-state index is 13.4. The first-order chi connectivity index (χ1) is 14.7. The van der Waals surface area contributed by atoms with Gasteiger partial charge in [0, 0.05) is 6.54 Å². The second-order valence-electron chi connectivity index (χ2n) is 7.90. The molecule has 0 spiro atoms. The SMILES string of the molecule is CCc1cc2c(=O)c(-c3nc4ccccc4s3)coc2c(CN2CCCCC2)c1O. The van der Waals surface area contributed by atoms with E-state index in [9.17, 15) is 9.90 Å². The molecule has 1 N–H and O–H groups in total. The third kappa shape index (κ3) is 3.30.